The third kappa shape index (κ3) is 6.08. The molecule has 0 bridgehead atoms. The van der Waals surface area contributed by atoms with Crippen LogP contribution in [0.15, 0.2) is 84.9 Å². The number of carbonyl (C=O) groups is 1. The summed E-state index contributed by atoms with van der Waals surface area (Å²) >= 11 is 0. The Morgan fingerprint density at radius 3 is 2.26 bits per heavy atom. The molecule has 10 heteroatoms. The zero-order chi connectivity index (χ0) is 27.4. The van der Waals surface area contributed by atoms with Crippen molar-refractivity contribution in [1.29, 1.82) is 0 Å². The number of aliphatic hydroxyl groups is 1. The highest BCUT2D eigenvalue weighted by atomic mass is 19.3. The number of benzene rings is 4. The van der Waals surface area contributed by atoms with Crippen LogP contribution in [0.5, 0.6) is 5.75 Å². The zero-order valence-corrected chi connectivity index (χ0v) is 19.6. The predicted molar refractivity (Wildman–Crippen MR) is 128 cm³/mol. The maximum atomic E-state index is 14.3. The van der Waals surface area contributed by atoms with Crippen LogP contribution in [0.4, 0.5) is 26.3 Å². The van der Waals surface area contributed by atoms with Crippen molar-refractivity contribution in [3.8, 4) is 5.75 Å². The van der Waals surface area contributed by atoms with Crippen LogP contribution in [0.2, 0.25) is 0 Å². The number of nitrogens with one attached hydrogen (secondary N) is 1. The standard InChI is InChI=1S/C28H21F6NO3/c29-18-12-10-17(11-13-18)25(36)24(15-16-4-1-5-19(14-16)38-28(33,34)27(31)32)35-26(37)22-8-2-7-21-20(22)6-3-9-23(21)30/h1-14,24-25,27,36H,15H2,(H,35,37). The van der Waals surface area contributed by atoms with E-state index in [1.165, 1.54) is 54.6 Å². The van der Waals surface area contributed by atoms with Gasteiger partial charge in [-0.05, 0) is 59.3 Å². The molecule has 1 amide bonds. The summed E-state index contributed by atoms with van der Waals surface area (Å²) in [7, 11) is 0. The summed E-state index contributed by atoms with van der Waals surface area (Å²) in [6.45, 7) is 0. The van der Waals surface area contributed by atoms with Crippen molar-refractivity contribution in [3.05, 3.63) is 113 Å². The molecule has 38 heavy (non-hydrogen) atoms. The van der Waals surface area contributed by atoms with Crippen LogP contribution in [0, 0.1) is 11.6 Å². The number of carbonyl (C=O) groups excluding carboxylic acids is 1. The Morgan fingerprint density at radius 1 is 0.895 bits per heavy atom. The number of ether oxygens (including phenoxy) is 1. The maximum Gasteiger partial charge on any atom is 0.461 e. The van der Waals surface area contributed by atoms with E-state index in [1.54, 1.807) is 6.07 Å². The van der Waals surface area contributed by atoms with Crippen LogP contribution in [0.25, 0.3) is 10.8 Å². The Morgan fingerprint density at radius 2 is 1.55 bits per heavy atom. The smallest absolute Gasteiger partial charge is 0.428 e. The summed E-state index contributed by atoms with van der Waals surface area (Å²) in [5.74, 6) is -2.29. The first kappa shape index (κ1) is 27.0. The van der Waals surface area contributed by atoms with E-state index in [9.17, 15) is 36.2 Å². The van der Waals surface area contributed by atoms with Gasteiger partial charge in [0.15, 0.2) is 0 Å². The first-order valence-corrected chi connectivity index (χ1v) is 11.4. The van der Waals surface area contributed by atoms with Gasteiger partial charge in [0.05, 0.1) is 12.1 Å². The van der Waals surface area contributed by atoms with Crippen LogP contribution >= 0.6 is 0 Å². The quantitative estimate of drug-likeness (QED) is 0.244. The Hall–Kier alpha value is -4.05. The number of alkyl halides is 4. The minimum atomic E-state index is -4.72. The number of hydrogen-bond acceptors (Lipinski definition) is 3. The van der Waals surface area contributed by atoms with Gasteiger partial charge in [-0.25, -0.2) is 8.78 Å². The number of rotatable bonds is 9. The van der Waals surface area contributed by atoms with Crippen molar-refractivity contribution >= 4 is 16.7 Å². The number of fused-ring (bicyclic) bond motifs is 1. The molecule has 198 valence electrons. The molecule has 4 nitrogen and oxygen atoms in total. The van der Waals surface area contributed by atoms with E-state index in [0.29, 0.717) is 5.39 Å². The summed E-state index contributed by atoms with van der Waals surface area (Å²) in [4.78, 5) is 13.3. The fourth-order valence-electron chi connectivity index (χ4n) is 4.04. The Bertz CT molecular complexity index is 1430. The summed E-state index contributed by atoms with van der Waals surface area (Å²) in [5, 5.41) is 14.3. The average molecular weight is 533 g/mol. The summed E-state index contributed by atoms with van der Waals surface area (Å²) < 4.78 is 83.8. The Kier molecular flexibility index (Phi) is 7.91. The zero-order valence-electron chi connectivity index (χ0n) is 19.6. The van der Waals surface area contributed by atoms with E-state index in [-0.39, 0.29) is 28.5 Å². The summed E-state index contributed by atoms with van der Waals surface area (Å²) in [6, 6.07) is 17.4. The lowest BCUT2D eigenvalue weighted by molar-refractivity contribution is -0.253. The van der Waals surface area contributed by atoms with Crippen molar-refractivity contribution in [2.24, 2.45) is 0 Å². The van der Waals surface area contributed by atoms with Crippen molar-refractivity contribution < 1.29 is 41.0 Å². The van der Waals surface area contributed by atoms with E-state index in [2.05, 4.69) is 10.1 Å². The van der Waals surface area contributed by atoms with Crippen molar-refractivity contribution in [2.75, 3.05) is 0 Å². The molecule has 4 rings (SSSR count). The van der Waals surface area contributed by atoms with Crippen molar-refractivity contribution in [2.45, 2.75) is 31.1 Å². The fraction of sp³-hybridized carbons (Fsp3) is 0.179. The van der Waals surface area contributed by atoms with Gasteiger partial charge < -0.3 is 15.2 Å². The second-order valence-corrected chi connectivity index (χ2v) is 8.53. The van der Waals surface area contributed by atoms with Crippen molar-refractivity contribution in [1.82, 2.24) is 5.32 Å². The monoisotopic (exact) mass is 533 g/mol. The molecule has 0 heterocycles. The van der Waals surface area contributed by atoms with Crippen LogP contribution < -0.4 is 10.1 Å². The normalized spacial score (nSPS) is 13.4. The minimum absolute atomic E-state index is 0.118. The Labute approximate surface area is 213 Å². The molecule has 0 aliphatic carbocycles. The first-order valence-electron chi connectivity index (χ1n) is 11.4. The molecule has 0 aliphatic rings. The van der Waals surface area contributed by atoms with Crippen molar-refractivity contribution in [3.63, 3.8) is 0 Å². The molecule has 0 fully saturated rings. The average Bonchev–Trinajstić information content (AvgIpc) is 2.88. The highest BCUT2D eigenvalue weighted by Crippen LogP contribution is 2.29. The largest absolute Gasteiger partial charge is 0.461 e. The molecule has 4 aromatic carbocycles. The van der Waals surface area contributed by atoms with Crippen LogP contribution in [-0.2, 0) is 6.42 Å². The second kappa shape index (κ2) is 11.1. The minimum Gasteiger partial charge on any atom is -0.428 e. The molecule has 2 atom stereocenters. The molecule has 4 aromatic rings. The molecule has 0 aliphatic heterocycles. The summed E-state index contributed by atoms with van der Waals surface area (Å²) in [6.07, 6.45) is -10.3. The first-order chi connectivity index (χ1) is 18.0. The third-order valence-corrected chi connectivity index (χ3v) is 5.88. The van der Waals surface area contributed by atoms with Gasteiger partial charge in [0, 0.05) is 10.9 Å². The lowest BCUT2D eigenvalue weighted by Crippen LogP contribution is -2.41. The molecular weight excluding hydrogens is 512 g/mol. The molecule has 0 radical (unpaired) electrons. The topological polar surface area (TPSA) is 58.6 Å². The fourth-order valence-corrected chi connectivity index (χ4v) is 4.04. The molecular formula is C28H21F6NO3. The summed E-state index contributed by atoms with van der Waals surface area (Å²) in [5.41, 5.74) is 0.632. The van der Waals surface area contributed by atoms with E-state index < -0.39 is 48.0 Å². The Balaban J connectivity index is 1.65. The molecule has 2 unspecified atom stereocenters. The number of aliphatic hydroxyl groups excluding tert-OH is 1. The molecule has 2 N–H and O–H groups in total. The van der Waals surface area contributed by atoms with Gasteiger partial charge in [0.1, 0.15) is 17.4 Å². The predicted octanol–water partition coefficient (Wildman–Crippen LogP) is 6.43. The molecule has 0 aromatic heterocycles. The van der Waals surface area contributed by atoms with Gasteiger partial charge in [0.25, 0.3) is 5.91 Å². The van der Waals surface area contributed by atoms with Gasteiger partial charge in [-0.2, -0.15) is 17.6 Å². The van der Waals surface area contributed by atoms with E-state index >= 15 is 0 Å². The second-order valence-electron chi connectivity index (χ2n) is 8.53. The molecule has 0 spiro atoms. The van der Waals surface area contributed by atoms with Gasteiger partial charge in [-0.15, -0.1) is 0 Å². The van der Waals surface area contributed by atoms with Crippen LogP contribution in [0.1, 0.15) is 27.6 Å². The maximum absolute atomic E-state index is 14.3. The van der Waals surface area contributed by atoms with Gasteiger partial charge in [-0.1, -0.05) is 48.5 Å². The number of halogens is 6. The lowest BCUT2D eigenvalue weighted by atomic mass is 9.95. The van der Waals surface area contributed by atoms with E-state index in [4.69, 9.17) is 0 Å². The SMILES string of the molecule is O=C(NC(Cc1cccc(OC(F)(F)C(F)F)c1)C(O)c1ccc(F)cc1)c1cccc2c(F)cccc12. The highest BCUT2D eigenvalue weighted by Gasteiger charge is 2.44. The van der Waals surface area contributed by atoms with E-state index in [0.717, 1.165) is 24.3 Å². The van der Waals surface area contributed by atoms with Crippen LogP contribution in [-0.4, -0.2) is 29.6 Å². The van der Waals surface area contributed by atoms with Gasteiger partial charge >= 0.3 is 12.5 Å². The highest BCUT2D eigenvalue weighted by molar-refractivity contribution is 6.07. The van der Waals surface area contributed by atoms with Crippen LogP contribution in [0.3, 0.4) is 0 Å². The van der Waals surface area contributed by atoms with Gasteiger partial charge in [0.2, 0.25) is 0 Å². The number of amides is 1. The number of hydrogen-bond donors (Lipinski definition) is 2. The van der Waals surface area contributed by atoms with E-state index in [1.807, 2.05) is 0 Å². The third-order valence-electron chi connectivity index (χ3n) is 5.88. The molecule has 0 saturated carbocycles. The van der Waals surface area contributed by atoms with Gasteiger partial charge in [-0.3, -0.25) is 4.79 Å². The lowest BCUT2D eigenvalue weighted by Gasteiger charge is -2.25. The molecule has 0 saturated heterocycles.